The highest BCUT2D eigenvalue weighted by molar-refractivity contribution is 5.85. The Balaban J connectivity index is 1.85. The minimum Gasteiger partial charge on any atom is -0.466 e. The Labute approximate surface area is 101 Å². The number of hydrogen-bond donors (Lipinski definition) is 1. The van der Waals surface area contributed by atoms with Gasteiger partial charge in [-0.15, -0.1) is 0 Å². The fraction of sp³-hybridized carbons (Fsp3) is 0.615. The summed E-state index contributed by atoms with van der Waals surface area (Å²) in [5.74, 6) is 1.85. The van der Waals surface area contributed by atoms with Gasteiger partial charge < -0.3 is 14.4 Å². The maximum absolute atomic E-state index is 12.0. The molecule has 0 atom stereocenters. The monoisotopic (exact) mass is 237 g/mol. The Bertz CT molecular complexity index is 407. The number of aliphatic hydroxyl groups excluding tert-OH is 1. The van der Waals surface area contributed by atoms with E-state index in [1.165, 1.54) is 0 Å². The maximum Gasteiger partial charge on any atom is 0.230 e. The highest BCUT2D eigenvalue weighted by Gasteiger charge is 2.50. The standard InChI is InChI=1S/C13H19NO3/c1-10-3-4-11(17-10)5-8-14(2)12(16)13(9-15)6-7-13/h3-4,15H,5-9H2,1-2H3. The number of nitrogens with zero attached hydrogens (tertiary/aromatic N) is 1. The number of furan rings is 1. The lowest BCUT2D eigenvalue weighted by molar-refractivity contribution is -0.137. The summed E-state index contributed by atoms with van der Waals surface area (Å²) in [6.07, 6.45) is 2.34. The van der Waals surface area contributed by atoms with Gasteiger partial charge in [0.1, 0.15) is 11.5 Å². The molecule has 1 aromatic rings. The number of hydrogen-bond acceptors (Lipinski definition) is 3. The molecule has 4 nitrogen and oxygen atoms in total. The average Bonchev–Trinajstić information content (AvgIpc) is 3.03. The van der Waals surface area contributed by atoms with Crippen LogP contribution >= 0.6 is 0 Å². The lowest BCUT2D eigenvalue weighted by atomic mass is 10.1. The van der Waals surface area contributed by atoms with Gasteiger partial charge in [-0.1, -0.05) is 0 Å². The summed E-state index contributed by atoms with van der Waals surface area (Å²) >= 11 is 0. The molecule has 94 valence electrons. The second kappa shape index (κ2) is 4.53. The molecule has 0 spiro atoms. The van der Waals surface area contributed by atoms with Crippen molar-refractivity contribution in [2.45, 2.75) is 26.2 Å². The smallest absolute Gasteiger partial charge is 0.230 e. The number of carbonyl (C=O) groups excluding carboxylic acids is 1. The van der Waals surface area contributed by atoms with Crippen LogP contribution in [0.2, 0.25) is 0 Å². The van der Waals surface area contributed by atoms with Crippen molar-refractivity contribution in [3.63, 3.8) is 0 Å². The van der Waals surface area contributed by atoms with Crippen molar-refractivity contribution in [2.75, 3.05) is 20.2 Å². The van der Waals surface area contributed by atoms with Gasteiger partial charge >= 0.3 is 0 Å². The van der Waals surface area contributed by atoms with Crippen molar-refractivity contribution in [1.82, 2.24) is 4.90 Å². The number of amides is 1. The summed E-state index contributed by atoms with van der Waals surface area (Å²) in [6.45, 7) is 2.51. The average molecular weight is 237 g/mol. The molecule has 0 bridgehead atoms. The molecular weight excluding hydrogens is 218 g/mol. The Morgan fingerprint density at radius 3 is 2.71 bits per heavy atom. The van der Waals surface area contributed by atoms with Gasteiger partial charge in [-0.25, -0.2) is 0 Å². The summed E-state index contributed by atoms with van der Waals surface area (Å²) in [5, 5.41) is 9.20. The van der Waals surface area contributed by atoms with Crippen LogP contribution in [0.1, 0.15) is 24.4 Å². The molecule has 2 rings (SSSR count). The molecule has 1 saturated carbocycles. The molecule has 1 aromatic heterocycles. The number of aryl methyl sites for hydroxylation is 1. The zero-order valence-corrected chi connectivity index (χ0v) is 10.4. The van der Waals surface area contributed by atoms with Crippen LogP contribution in [0.5, 0.6) is 0 Å². The normalized spacial score (nSPS) is 16.9. The van der Waals surface area contributed by atoms with Crippen molar-refractivity contribution < 1.29 is 14.3 Å². The molecular formula is C13H19NO3. The lowest BCUT2D eigenvalue weighted by Crippen LogP contribution is -2.37. The van der Waals surface area contributed by atoms with E-state index in [0.29, 0.717) is 6.54 Å². The second-order valence-electron chi connectivity index (χ2n) is 4.93. The van der Waals surface area contributed by atoms with E-state index in [4.69, 9.17) is 4.42 Å². The molecule has 1 aliphatic carbocycles. The third kappa shape index (κ3) is 2.52. The number of likely N-dealkylation sites (N-methyl/N-ethyl adjacent to an activating group) is 1. The predicted octanol–water partition coefficient (Wildman–Crippen LogP) is 1.36. The Morgan fingerprint density at radius 2 is 2.24 bits per heavy atom. The summed E-state index contributed by atoms with van der Waals surface area (Å²) < 4.78 is 5.45. The van der Waals surface area contributed by atoms with Crippen molar-refractivity contribution >= 4 is 5.91 Å². The fourth-order valence-corrected chi connectivity index (χ4v) is 1.99. The van der Waals surface area contributed by atoms with Gasteiger partial charge in [-0.2, -0.15) is 0 Å². The molecule has 0 aliphatic heterocycles. The van der Waals surface area contributed by atoms with Crippen LogP contribution in [-0.2, 0) is 11.2 Å². The van der Waals surface area contributed by atoms with E-state index in [0.717, 1.165) is 30.8 Å². The van der Waals surface area contributed by atoms with Crippen LogP contribution in [-0.4, -0.2) is 36.1 Å². The van der Waals surface area contributed by atoms with Gasteiger partial charge in [0.15, 0.2) is 0 Å². The van der Waals surface area contributed by atoms with Crippen LogP contribution < -0.4 is 0 Å². The lowest BCUT2D eigenvalue weighted by Gasteiger charge is -2.21. The van der Waals surface area contributed by atoms with Crippen LogP contribution in [0.25, 0.3) is 0 Å². The molecule has 1 fully saturated rings. The van der Waals surface area contributed by atoms with E-state index in [1.807, 2.05) is 19.1 Å². The zero-order chi connectivity index (χ0) is 12.5. The maximum atomic E-state index is 12.0. The number of carbonyl (C=O) groups is 1. The van der Waals surface area contributed by atoms with E-state index >= 15 is 0 Å². The van der Waals surface area contributed by atoms with Crippen LogP contribution in [0.4, 0.5) is 0 Å². The molecule has 0 unspecified atom stereocenters. The van der Waals surface area contributed by atoms with Crippen LogP contribution in [0, 0.1) is 12.3 Å². The first-order valence-electron chi connectivity index (χ1n) is 5.99. The molecule has 1 heterocycles. The van der Waals surface area contributed by atoms with Crippen LogP contribution in [0.15, 0.2) is 16.5 Å². The van der Waals surface area contributed by atoms with Crippen molar-refractivity contribution in [2.24, 2.45) is 5.41 Å². The summed E-state index contributed by atoms with van der Waals surface area (Å²) in [5.41, 5.74) is -0.464. The molecule has 17 heavy (non-hydrogen) atoms. The van der Waals surface area contributed by atoms with Gasteiger partial charge in [0.2, 0.25) is 5.91 Å². The van der Waals surface area contributed by atoms with E-state index in [-0.39, 0.29) is 12.5 Å². The first-order chi connectivity index (χ1) is 8.07. The molecule has 0 saturated heterocycles. The molecule has 4 heteroatoms. The quantitative estimate of drug-likeness (QED) is 0.841. The number of aliphatic hydroxyl groups is 1. The Morgan fingerprint density at radius 1 is 1.53 bits per heavy atom. The topological polar surface area (TPSA) is 53.7 Å². The summed E-state index contributed by atoms with van der Waals surface area (Å²) in [6, 6.07) is 3.86. The molecule has 1 amide bonds. The highest BCUT2D eigenvalue weighted by Crippen LogP contribution is 2.46. The van der Waals surface area contributed by atoms with Gasteiger partial charge in [0.05, 0.1) is 12.0 Å². The van der Waals surface area contributed by atoms with Crippen molar-refractivity contribution in [3.8, 4) is 0 Å². The van der Waals surface area contributed by atoms with Crippen LogP contribution in [0.3, 0.4) is 0 Å². The summed E-state index contributed by atoms with van der Waals surface area (Å²) in [4.78, 5) is 13.7. The molecule has 0 radical (unpaired) electrons. The van der Waals surface area contributed by atoms with Gasteiger partial charge in [-0.05, 0) is 31.9 Å². The molecule has 0 aromatic carbocycles. The second-order valence-corrected chi connectivity index (χ2v) is 4.93. The van der Waals surface area contributed by atoms with Gasteiger partial charge in [0.25, 0.3) is 0 Å². The first-order valence-corrected chi connectivity index (χ1v) is 5.99. The molecule has 1 N–H and O–H groups in total. The zero-order valence-electron chi connectivity index (χ0n) is 10.4. The van der Waals surface area contributed by atoms with Gasteiger partial charge in [-0.3, -0.25) is 4.79 Å². The Kier molecular flexibility index (Phi) is 3.24. The summed E-state index contributed by atoms with van der Waals surface area (Å²) in [7, 11) is 1.79. The van der Waals surface area contributed by atoms with Crippen molar-refractivity contribution in [3.05, 3.63) is 23.7 Å². The third-order valence-electron chi connectivity index (χ3n) is 3.45. The first kappa shape index (κ1) is 12.2. The fourth-order valence-electron chi connectivity index (χ4n) is 1.99. The van der Waals surface area contributed by atoms with Gasteiger partial charge in [0, 0.05) is 20.0 Å². The SMILES string of the molecule is Cc1ccc(CCN(C)C(=O)C2(CO)CC2)o1. The van der Waals surface area contributed by atoms with Crippen molar-refractivity contribution in [1.29, 1.82) is 0 Å². The predicted molar refractivity (Wildman–Crippen MR) is 63.5 cm³/mol. The van der Waals surface area contributed by atoms with E-state index in [9.17, 15) is 9.90 Å². The van der Waals surface area contributed by atoms with E-state index in [1.54, 1.807) is 11.9 Å². The highest BCUT2D eigenvalue weighted by atomic mass is 16.3. The largest absolute Gasteiger partial charge is 0.466 e. The van der Waals surface area contributed by atoms with E-state index in [2.05, 4.69) is 0 Å². The minimum atomic E-state index is -0.464. The molecule has 1 aliphatic rings. The van der Waals surface area contributed by atoms with E-state index < -0.39 is 5.41 Å². The minimum absolute atomic E-state index is 0.0317. The third-order valence-corrected chi connectivity index (χ3v) is 3.45. The number of rotatable bonds is 5. The Hall–Kier alpha value is -1.29.